The molecule has 80 valence electrons. The van der Waals surface area contributed by atoms with Gasteiger partial charge >= 0.3 is 0 Å². The average molecular weight is 208 g/mol. The summed E-state index contributed by atoms with van der Waals surface area (Å²) in [5.41, 5.74) is 5.19. The third kappa shape index (κ3) is 6.01. The van der Waals surface area contributed by atoms with Crippen molar-refractivity contribution in [1.29, 1.82) is 0 Å². The first kappa shape index (κ1) is 12.9. The van der Waals surface area contributed by atoms with Gasteiger partial charge < -0.3 is 10.6 Å². The van der Waals surface area contributed by atoms with Gasteiger partial charge in [0.2, 0.25) is 0 Å². The number of hydrogen-bond donors (Lipinski definition) is 1. The maximum atomic E-state index is 11.3. The molecule has 0 bridgehead atoms. The smallest absolute Gasteiger partial charge is 0.152 e. The molecule has 0 aromatic rings. The Labute approximate surface area is 81.0 Å². The van der Waals surface area contributed by atoms with E-state index in [2.05, 4.69) is 4.90 Å². The summed E-state index contributed by atoms with van der Waals surface area (Å²) in [6.07, 6.45) is 0. The zero-order valence-electron chi connectivity index (χ0n) is 8.49. The predicted molar refractivity (Wildman–Crippen MR) is 55.5 cm³/mol. The highest BCUT2D eigenvalue weighted by Crippen LogP contribution is 1.93. The lowest BCUT2D eigenvalue weighted by Crippen LogP contribution is -2.31. The number of sulfone groups is 1. The normalized spacial score (nSPS) is 12.3. The third-order valence-electron chi connectivity index (χ3n) is 2.04. The molecule has 0 saturated carbocycles. The zero-order chi connectivity index (χ0) is 10.3. The SMILES string of the molecule is CCN(CC)CCS(=O)(=O)CCN. The van der Waals surface area contributed by atoms with E-state index in [9.17, 15) is 8.42 Å². The quantitative estimate of drug-likeness (QED) is 0.624. The fourth-order valence-corrected chi connectivity index (χ4v) is 2.19. The fraction of sp³-hybridized carbons (Fsp3) is 1.00. The van der Waals surface area contributed by atoms with E-state index in [4.69, 9.17) is 5.73 Å². The van der Waals surface area contributed by atoms with Gasteiger partial charge in [-0.1, -0.05) is 13.8 Å². The van der Waals surface area contributed by atoms with Gasteiger partial charge in [-0.2, -0.15) is 0 Å². The zero-order valence-corrected chi connectivity index (χ0v) is 9.31. The van der Waals surface area contributed by atoms with Crippen LogP contribution in [-0.4, -0.2) is 51.0 Å². The molecule has 0 rings (SSSR count). The number of nitrogens with zero attached hydrogens (tertiary/aromatic N) is 1. The van der Waals surface area contributed by atoms with Gasteiger partial charge in [-0.05, 0) is 13.1 Å². The molecule has 2 N–H and O–H groups in total. The van der Waals surface area contributed by atoms with Gasteiger partial charge in [-0.25, -0.2) is 8.42 Å². The summed E-state index contributed by atoms with van der Waals surface area (Å²) in [4.78, 5) is 2.09. The van der Waals surface area contributed by atoms with Gasteiger partial charge in [0.25, 0.3) is 0 Å². The van der Waals surface area contributed by atoms with E-state index < -0.39 is 9.84 Å². The fourth-order valence-electron chi connectivity index (χ4n) is 1.09. The van der Waals surface area contributed by atoms with Gasteiger partial charge in [0.05, 0.1) is 11.5 Å². The monoisotopic (exact) mass is 208 g/mol. The summed E-state index contributed by atoms with van der Waals surface area (Å²) < 4.78 is 22.5. The first-order chi connectivity index (χ1) is 6.05. The van der Waals surface area contributed by atoms with Gasteiger partial charge in [0.15, 0.2) is 9.84 Å². The van der Waals surface area contributed by atoms with Crippen LogP contribution in [0.2, 0.25) is 0 Å². The molecule has 13 heavy (non-hydrogen) atoms. The molecular formula is C8H20N2O2S. The molecule has 0 aromatic carbocycles. The highest BCUT2D eigenvalue weighted by atomic mass is 32.2. The Balaban J connectivity index is 3.86. The Kier molecular flexibility index (Phi) is 6.28. The van der Waals surface area contributed by atoms with Crippen molar-refractivity contribution in [1.82, 2.24) is 4.90 Å². The second-order valence-electron chi connectivity index (χ2n) is 2.97. The van der Waals surface area contributed by atoms with Crippen molar-refractivity contribution in [3.63, 3.8) is 0 Å². The summed E-state index contributed by atoms with van der Waals surface area (Å²) in [7, 11) is -2.91. The second kappa shape index (κ2) is 6.34. The van der Waals surface area contributed by atoms with E-state index in [1.165, 1.54) is 0 Å². The van der Waals surface area contributed by atoms with Crippen LogP contribution in [0.4, 0.5) is 0 Å². The van der Waals surface area contributed by atoms with E-state index in [0.717, 1.165) is 13.1 Å². The summed E-state index contributed by atoms with van der Waals surface area (Å²) in [5.74, 6) is 0.333. The van der Waals surface area contributed by atoms with Crippen LogP contribution in [0, 0.1) is 0 Å². The third-order valence-corrected chi connectivity index (χ3v) is 3.70. The van der Waals surface area contributed by atoms with E-state index >= 15 is 0 Å². The summed E-state index contributed by atoms with van der Waals surface area (Å²) in [6.45, 7) is 6.69. The van der Waals surface area contributed by atoms with Gasteiger partial charge in [-0.3, -0.25) is 0 Å². The van der Waals surface area contributed by atoms with Gasteiger partial charge in [0, 0.05) is 13.1 Å². The van der Waals surface area contributed by atoms with Crippen molar-refractivity contribution < 1.29 is 8.42 Å². The van der Waals surface area contributed by atoms with Crippen molar-refractivity contribution in [2.45, 2.75) is 13.8 Å². The van der Waals surface area contributed by atoms with Crippen molar-refractivity contribution >= 4 is 9.84 Å². The number of nitrogens with two attached hydrogens (primary N) is 1. The lowest BCUT2D eigenvalue weighted by Gasteiger charge is -2.17. The van der Waals surface area contributed by atoms with Crippen molar-refractivity contribution in [3.05, 3.63) is 0 Å². The van der Waals surface area contributed by atoms with Crippen LogP contribution >= 0.6 is 0 Å². The molecule has 0 saturated heterocycles. The van der Waals surface area contributed by atoms with E-state index in [0.29, 0.717) is 6.54 Å². The minimum Gasteiger partial charge on any atom is -0.329 e. The first-order valence-electron chi connectivity index (χ1n) is 4.68. The second-order valence-corrected chi connectivity index (χ2v) is 5.27. The molecule has 5 heteroatoms. The van der Waals surface area contributed by atoms with Crippen LogP contribution in [0.15, 0.2) is 0 Å². The standard InChI is InChI=1S/C8H20N2O2S/c1-3-10(4-2)6-8-13(11,12)7-5-9/h3-9H2,1-2H3. The number of rotatable bonds is 7. The molecule has 0 aliphatic heterocycles. The Hall–Kier alpha value is -0.130. The average Bonchev–Trinajstić information content (AvgIpc) is 2.06. The molecule has 0 aromatic heterocycles. The summed E-state index contributed by atoms with van der Waals surface area (Å²) in [6, 6.07) is 0. The molecule has 0 atom stereocenters. The van der Waals surface area contributed by atoms with Crippen LogP contribution in [0.25, 0.3) is 0 Å². The molecule has 0 aliphatic carbocycles. The lowest BCUT2D eigenvalue weighted by molar-refractivity contribution is 0.321. The van der Waals surface area contributed by atoms with Gasteiger partial charge in [-0.15, -0.1) is 0 Å². The van der Waals surface area contributed by atoms with Crippen LogP contribution in [-0.2, 0) is 9.84 Å². The highest BCUT2D eigenvalue weighted by Gasteiger charge is 2.10. The lowest BCUT2D eigenvalue weighted by atomic mass is 10.5. The molecule has 0 fully saturated rings. The van der Waals surface area contributed by atoms with E-state index in [1.54, 1.807) is 0 Å². The Morgan fingerprint density at radius 2 is 1.69 bits per heavy atom. The molecular weight excluding hydrogens is 188 g/mol. The Morgan fingerprint density at radius 3 is 2.08 bits per heavy atom. The first-order valence-corrected chi connectivity index (χ1v) is 6.50. The minimum atomic E-state index is -2.91. The Bertz CT molecular complexity index is 210. The summed E-state index contributed by atoms with van der Waals surface area (Å²) in [5, 5.41) is 0. The molecule has 0 amide bonds. The number of hydrogen-bond acceptors (Lipinski definition) is 4. The topological polar surface area (TPSA) is 63.4 Å². The molecule has 4 nitrogen and oxygen atoms in total. The highest BCUT2D eigenvalue weighted by molar-refractivity contribution is 7.91. The molecule has 0 unspecified atom stereocenters. The van der Waals surface area contributed by atoms with Crippen molar-refractivity contribution in [3.8, 4) is 0 Å². The van der Waals surface area contributed by atoms with Crippen LogP contribution in [0.3, 0.4) is 0 Å². The molecule has 0 aliphatic rings. The van der Waals surface area contributed by atoms with Crippen LogP contribution < -0.4 is 5.73 Å². The molecule has 0 radical (unpaired) electrons. The van der Waals surface area contributed by atoms with E-state index in [1.807, 2.05) is 13.8 Å². The minimum absolute atomic E-state index is 0.105. The maximum Gasteiger partial charge on any atom is 0.152 e. The van der Waals surface area contributed by atoms with Crippen LogP contribution in [0.1, 0.15) is 13.8 Å². The van der Waals surface area contributed by atoms with Crippen molar-refractivity contribution in [2.24, 2.45) is 5.73 Å². The van der Waals surface area contributed by atoms with Crippen LogP contribution in [0.5, 0.6) is 0 Å². The predicted octanol–water partition coefficient (Wildman–Crippen LogP) is -0.298. The molecule has 0 heterocycles. The largest absolute Gasteiger partial charge is 0.329 e. The van der Waals surface area contributed by atoms with Crippen molar-refractivity contribution in [2.75, 3.05) is 37.7 Å². The summed E-state index contributed by atoms with van der Waals surface area (Å²) >= 11 is 0. The molecule has 0 spiro atoms. The maximum absolute atomic E-state index is 11.3. The van der Waals surface area contributed by atoms with E-state index in [-0.39, 0.29) is 18.1 Å². The Morgan fingerprint density at radius 1 is 1.15 bits per heavy atom. The van der Waals surface area contributed by atoms with Gasteiger partial charge in [0.1, 0.15) is 0 Å².